The molecule has 1 N–H and O–H groups in total. The van der Waals surface area contributed by atoms with E-state index in [1.807, 2.05) is 19.0 Å². The Hall–Kier alpha value is -3.92. The average Bonchev–Trinajstić information content (AvgIpc) is 3.15. The molecule has 0 bridgehead atoms. The van der Waals surface area contributed by atoms with E-state index in [0.717, 1.165) is 0 Å². The van der Waals surface area contributed by atoms with E-state index in [1.165, 1.54) is 26.2 Å². The highest BCUT2D eigenvalue weighted by atomic mass is 16.6. The normalized spacial score (nSPS) is 18.5. The predicted molar refractivity (Wildman–Crippen MR) is 131 cm³/mol. The smallest absolute Gasteiger partial charge is 0.295 e. The lowest BCUT2D eigenvalue weighted by atomic mass is 9.94. The van der Waals surface area contributed by atoms with E-state index in [9.17, 15) is 14.7 Å². The Morgan fingerprint density at radius 1 is 1.00 bits per heavy atom. The van der Waals surface area contributed by atoms with Gasteiger partial charge in [0.2, 0.25) is 5.75 Å². The number of hydrogen-bond donors (Lipinski definition) is 1. The van der Waals surface area contributed by atoms with E-state index in [1.54, 1.807) is 30.3 Å². The van der Waals surface area contributed by atoms with E-state index >= 15 is 0 Å². The molecule has 2 aliphatic rings. The number of amides is 1. The lowest BCUT2D eigenvalue weighted by molar-refractivity contribution is -0.140. The molecule has 2 aromatic rings. The molecule has 1 amide bonds. The molecule has 2 aliphatic heterocycles. The molecular formula is C26H30N2O8. The Labute approximate surface area is 209 Å². The number of fused-ring (bicyclic) bond motifs is 1. The lowest BCUT2D eigenvalue weighted by Crippen LogP contribution is -2.35. The van der Waals surface area contributed by atoms with Crippen LogP contribution in [0.25, 0.3) is 5.76 Å². The molecule has 4 rings (SSSR count). The van der Waals surface area contributed by atoms with Crippen molar-refractivity contribution in [1.29, 1.82) is 0 Å². The third kappa shape index (κ3) is 4.51. The molecular weight excluding hydrogens is 468 g/mol. The number of ether oxygens (including phenoxy) is 5. The second-order valence-electron chi connectivity index (χ2n) is 8.61. The van der Waals surface area contributed by atoms with Gasteiger partial charge in [0, 0.05) is 18.7 Å². The molecule has 0 spiro atoms. The lowest BCUT2D eigenvalue weighted by Gasteiger charge is -2.27. The highest BCUT2D eigenvalue weighted by Gasteiger charge is 2.46. The summed E-state index contributed by atoms with van der Waals surface area (Å²) in [6.07, 6.45) is 0. The van der Waals surface area contributed by atoms with E-state index < -0.39 is 17.7 Å². The number of Topliss-reactive ketones (excluding diaryl/α,β-unsaturated/α-hetero) is 1. The maximum atomic E-state index is 13.3. The topological polar surface area (TPSA) is 107 Å². The van der Waals surface area contributed by atoms with Gasteiger partial charge in [-0.05, 0) is 50.0 Å². The van der Waals surface area contributed by atoms with Gasteiger partial charge in [-0.2, -0.15) is 0 Å². The second kappa shape index (κ2) is 10.4. The number of aliphatic hydroxyl groups is 1. The fourth-order valence-electron chi connectivity index (χ4n) is 4.37. The molecule has 36 heavy (non-hydrogen) atoms. The van der Waals surface area contributed by atoms with Crippen LogP contribution in [-0.4, -0.2) is 88.3 Å². The molecule has 0 aliphatic carbocycles. The zero-order chi connectivity index (χ0) is 26.0. The summed E-state index contributed by atoms with van der Waals surface area (Å²) in [5, 5.41) is 11.4. The number of likely N-dealkylation sites (tertiary alicyclic amines) is 1. The first-order chi connectivity index (χ1) is 17.3. The second-order valence-corrected chi connectivity index (χ2v) is 8.61. The Morgan fingerprint density at radius 3 is 2.22 bits per heavy atom. The third-order valence-corrected chi connectivity index (χ3v) is 6.15. The number of methoxy groups -OCH3 is 3. The summed E-state index contributed by atoms with van der Waals surface area (Å²) in [5.41, 5.74) is 0.827. The van der Waals surface area contributed by atoms with Crippen LogP contribution in [0.4, 0.5) is 0 Å². The van der Waals surface area contributed by atoms with Crippen molar-refractivity contribution in [2.45, 2.75) is 6.04 Å². The van der Waals surface area contributed by atoms with Crippen LogP contribution in [0.3, 0.4) is 0 Å². The quantitative estimate of drug-likeness (QED) is 0.334. The Bertz CT molecular complexity index is 1180. The number of carbonyl (C=O) groups excluding carboxylic acids is 2. The van der Waals surface area contributed by atoms with Gasteiger partial charge in [-0.3, -0.25) is 9.59 Å². The molecule has 1 atom stereocenters. The summed E-state index contributed by atoms with van der Waals surface area (Å²) in [6.45, 7) is 1.57. The fraction of sp³-hybridized carbons (Fsp3) is 0.385. The van der Waals surface area contributed by atoms with Crippen LogP contribution in [0.15, 0.2) is 35.9 Å². The number of benzene rings is 2. The number of carbonyl (C=O) groups is 2. The van der Waals surface area contributed by atoms with Crippen LogP contribution in [-0.2, 0) is 9.59 Å². The van der Waals surface area contributed by atoms with Crippen LogP contribution in [0.5, 0.6) is 28.7 Å². The van der Waals surface area contributed by atoms with Gasteiger partial charge in [0.1, 0.15) is 19.0 Å². The van der Waals surface area contributed by atoms with Crippen molar-refractivity contribution < 1.29 is 38.4 Å². The van der Waals surface area contributed by atoms with Crippen molar-refractivity contribution in [2.24, 2.45) is 0 Å². The van der Waals surface area contributed by atoms with Gasteiger partial charge >= 0.3 is 0 Å². The van der Waals surface area contributed by atoms with Crippen LogP contribution in [0, 0.1) is 0 Å². The van der Waals surface area contributed by atoms with Crippen LogP contribution in [0.2, 0.25) is 0 Å². The summed E-state index contributed by atoms with van der Waals surface area (Å²) in [7, 11) is 8.21. The SMILES string of the molecule is COc1cc([C@@H]2C(=C(O)c3ccc4c(c3)OCCO4)C(=O)C(=O)N2CCN(C)C)cc(OC)c1OC. The number of nitrogens with zero attached hydrogens (tertiary/aromatic N) is 2. The van der Waals surface area contributed by atoms with Gasteiger partial charge < -0.3 is 38.6 Å². The minimum atomic E-state index is -0.883. The number of likely N-dealkylation sites (N-methyl/N-ethyl adjacent to an activating group) is 1. The predicted octanol–water partition coefficient (Wildman–Crippen LogP) is 2.47. The molecule has 10 nitrogen and oxygen atoms in total. The molecule has 10 heteroatoms. The summed E-state index contributed by atoms with van der Waals surface area (Å²) in [4.78, 5) is 29.9. The molecule has 2 heterocycles. The summed E-state index contributed by atoms with van der Waals surface area (Å²) in [5.74, 6) is 0.322. The van der Waals surface area contributed by atoms with Crippen molar-refractivity contribution in [1.82, 2.24) is 9.80 Å². The molecule has 192 valence electrons. The zero-order valence-corrected chi connectivity index (χ0v) is 21.0. The molecule has 0 saturated carbocycles. The Balaban J connectivity index is 1.90. The van der Waals surface area contributed by atoms with E-state index in [0.29, 0.717) is 59.6 Å². The maximum Gasteiger partial charge on any atom is 0.295 e. The van der Waals surface area contributed by atoms with Gasteiger partial charge in [0.25, 0.3) is 11.7 Å². The highest BCUT2D eigenvalue weighted by Crippen LogP contribution is 2.46. The van der Waals surface area contributed by atoms with Gasteiger partial charge in [-0.1, -0.05) is 0 Å². The van der Waals surface area contributed by atoms with Crippen LogP contribution >= 0.6 is 0 Å². The first-order valence-corrected chi connectivity index (χ1v) is 11.4. The fourth-order valence-corrected chi connectivity index (χ4v) is 4.37. The first-order valence-electron chi connectivity index (χ1n) is 11.4. The van der Waals surface area contributed by atoms with Crippen LogP contribution in [0.1, 0.15) is 17.2 Å². The largest absolute Gasteiger partial charge is 0.507 e. The number of aliphatic hydroxyl groups excluding tert-OH is 1. The molecule has 2 aromatic carbocycles. The standard InChI is InChI=1S/C26H30N2O8/c1-27(2)8-9-28-22(16-13-19(32-3)25(34-5)20(14-16)33-4)21(24(30)26(28)31)23(29)15-6-7-17-18(12-15)36-11-10-35-17/h6-7,12-14,22,29H,8-11H2,1-5H3/t22-/m1/s1. The van der Waals surface area contributed by atoms with Crippen molar-refractivity contribution in [3.05, 3.63) is 47.0 Å². The summed E-state index contributed by atoms with van der Waals surface area (Å²) >= 11 is 0. The molecule has 0 radical (unpaired) electrons. The Kier molecular flexibility index (Phi) is 7.25. The first kappa shape index (κ1) is 25.2. The van der Waals surface area contributed by atoms with Crippen molar-refractivity contribution in [3.63, 3.8) is 0 Å². The van der Waals surface area contributed by atoms with Gasteiger partial charge in [0.15, 0.2) is 23.0 Å². The van der Waals surface area contributed by atoms with Crippen molar-refractivity contribution in [3.8, 4) is 28.7 Å². The van der Waals surface area contributed by atoms with Crippen molar-refractivity contribution >= 4 is 17.4 Å². The van der Waals surface area contributed by atoms with Crippen LogP contribution < -0.4 is 23.7 Å². The summed E-state index contributed by atoms with van der Waals surface area (Å²) < 4.78 is 27.6. The zero-order valence-electron chi connectivity index (χ0n) is 21.0. The molecule has 1 fully saturated rings. The number of hydrogen-bond acceptors (Lipinski definition) is 9. The van der Waals surface area contributed by atoms with Gasteiger partial charge in [-0.25, -0.2) is 0 Å². The molecule has 0 aromatic heterocycles. The number of rotatable bonds is 8. The van der Waals surface area contributed by atoms with Crippen molar-refractivity contribution in [2.75, 3.05) is 61.7 Å². The number of ketones is 1. The minimum Gasteiger partial charge on any atom is -0.507 e. The van der Waals surface area contributed by atoms with Gasteiger partial charge in [-0.15, -0.1) is 0 Å². The van der Waals surface area contributed by atoms with E-state index in [2.05, 4.69) is 0 Å². The average molecular weight is 499 g/mol. The van der Waals surface area contributed by atoms with E-state index in [-0.39, 0.29) is 17.9 Å². The van der Waals surface area contributed by atoms with E-state index in [4.69, 9.17) is 23.7 Å². The summed E-state index contributed by atoms with van der Waals surface area (Å²) in [6, 6.07) is 7.37. The monoisotopic (exact) mass is 498 g/mol. The molecule has 0 unspecified atom stereocenters. The Morgan fingerprint density at radius 2 is 1.64 bits per heavy atom. The third-order valence-electron chi connectivity index (χ3n) is 6.15. The maximum absolute atomic E-state index is 13.3. The van der Waals surface area contributed by atoms with Gasteiger partial charge in [0.05, 0.1) is 32.9 Å². The minimum absolute atomic E-state index is 0.0373. The highest BCUT2D eigenvalue weighted by molar-refractivity contribution is 6.46. The molecule has 1 saturated heterocycles.